The molecule has 3 heterocycles. The lowest BCUT2D eigenvalue weighted by molar-refractivity contribution is -0.547. The van der Waals surface area contributed by atoms with Crippen LogP contribution >= 0.6 is 0 Å². The van der Waals surface area contributed by atoms with Gasteiger partial charge in [0.25, 0.3) is 11.4 Å². The summed E-state index contributed by atoms with van der Waals surface area (Å²) in [6.45, 7) is 0. The quantitative estimate of drug-likeness (QED) is 0.260. The minimum absolute atomic E-state index is 0.572. The highest BCUT2D eigenvalue weighted by Gasteiger charge is 2.48. The van der Waals surface area contributed by atoms with Crippen LogP contribution in [-0.2, 0) is 0 Å². The molecule has 1 aliphatic carbocycles. The van der Waals surface area contributed by atoms with E-state index in [2.05, 4.69) is 17.1 Å². The van der Waals surface area contributed by atoms with Gasteiger partial charge in [-0.1, -0.05) is 61.0 Å². The zero-order chi connectivity index (χ0) is 20.8. The van der Waals surface area contributed by atoms with Crippen LogP contribution in [0.1, 0.15) is 43.4 Å². The molecule has 4 aromatic rings. The molecule has 0 bridgehead atoms. The molecule has 1 fully saturated rings. The summed E-state index contributed by atoms with van der Waals surface area (Å²) in [5, 5.41) is 15.8. The second-order valence-corrected chi connectivity index (χ2v) is 8.42. The molecule has 0 N–H and O–H groups in total. The van der Waals surface area contributed by atoms with Crippen LogP contribution in [0.15, 0.2) is 77.9 Å². The largest absolute Gasteiger partial charge is 0.621 e. The Hall–Kier alpha value is -3.60. The molecule has 0 radical (unpaired) electrons. The Morgan fingerprint density at radius 3 is 2.32 bits per heavy atom. The molecule has 0 unspecified atom stereocenters. The standard InChI is InChI=1S/C26H22N4O/c31-30-25(21-14-13-20-12-11-19-10-7-17-27-22(19)23(20)28-21)24(18-8-3-1-4-9-18)29-26(30)15-5-2-6-16-26/h1,3-4,7-14,17H,2,5-6,15-16H2. The molecule has 2 aromatic heterocycles. The lowest BCUT2D eigenvalue weighted by Gasteiger charge is -2.28. The number of rotatable bonds is 2. The number of aromatic nitrogens is 2. The van der Waals surface area contributed by atoms with Crippen LogP contribution in [0.5, 0.6) is 0 Å². The molecule has 0 amide bonds. The molecule has 2 aliphatic rings. The number of hydrogen-bond donors (Lipinski definition) is 0. The summed E-state index contributed by atoms with van der Waals surface area (Å²) in [7, 11) is 0. The molecule has 1 saturated carbocycles. The van der Waals surface area contributed by atoms with Crippen molar-refractivity contribution >= 4 is 33.2 Å². The van der Waals surface area contributed by atoms with Gasteiger partial charge < -0.3 is 5.21 Å². The first kappa shape index (κ1) is 18.2. The first-order valence-electron chi connectivity index (χ1n) is 10.9. The van der Waals surface area contributed by atoms with Gasteiger partial charge in [-0.3, -0.25) is 4.98 Å². The maximum absolute atomic E-state index is 13.8. The molecule has 5 heteroatoms. The highest BCUT2D eigenvalue weighted by atomic mass is 16.5. The predicted molar refractivity (Wildman–Crippen MR) is 124 cm³/mol. The van der Waals surface area contributed by atoms with Crippen LogP contribution in [0.2, 0.25) is 0 Å². The third-order valence-electron chi connectivity index (χ3n) is 6.50. The number of fused-ring (bicyclic) bond motifs is 3. The van der Waals surface area contributed by atoms with Crippen LogP contribution in [0.3, 0.4) is 0 Å². The highest BCUT2D eigenvalue weighted by molar-refractivity contribution is 6.52. The average molecular weight is 406 g/mol. The Morgan fingerprint density at radius 2 is 1.52 bits per heavy atom. The first-order chi connectivity index (χ1) is 15.3. The van der Waals surface area contributed by atoms with E-state index in [0.717, 1.165) is 69.9 Å². The van der Waals surface area contributed by atoms with Crippen LogP contribution in [0.4, 0.5) is 0 Å². The molecule has 1 aliphatic heterocycles. The Bertz CT molecular complexity index is 1370. The molecule has 5 nitrogen and oxygen atoms in total. The monoisotopic (exact) mass is 406 g/mol. The fraction of sp³-hybridized carbons (Fsp3) is 0.231. The molecular weight excluding hydrogens is 384 g/mol. The Balaban J connectivity index is 1.60. The van der Waals surface area contributed by atoms with Gasteiger partial charge in [0.15, 0.2) is 0 Å². The summed E-state index contributed by atoms with van der Waals surface area (Å²) in [5.74, 6) is 0. The van der Waals surface area contributed by atoms with E-state index in [4.69, 9.17) is 9.98 Å². The number of hydrogen-bond acceptors (Lipinski definition) is 4. The number of aliphatic imine (C=N–C) groups is 1. The van der Waals surface area contributed by atoms with Crippen molar-refractivity contribution in [2.24, 2.45) is 4.99 Å². The lowest BCUT2D eigenvalue weighted by atomic mass is 9.90. The van der Waals surface area contributed by atoms with E-state index in [0.29, 0.717) is 11.4 Å². The van der Waals surface area contributed by atoms with Crippen molar-refractivity contribution in [1.29, 1.82) is 0 Å². The van der Waals surface area contributed by atoms with Crippen molar-refractivity contribution in [1.82, 2.24) is 9.97 Å². The van der Waals surface area contributed by atoms with E-state index in [1.807, 2.05) is 54.6 Å². The molecule has 0 atom stereocenters. The summed E-state index contributed by atoms with van der Waals surface area (Å²) in [6, 6.07) is 22.0. The fourth-order valence-corrected chi connectivity index (χ4v) is 4.92. The maximum atomic E-state index is 13.8. The van der Waals surface area contributed by atoms with Gasteiger partial charge in [-0.05, 0) is 25.0 Å². The highest BCUT2D eigenvalue weighted by Crippen LogP contribution is 2.37. The van der Waals surface area contributed by atoms with Gasteiger partial charge in [-0.2, -0.15) is 4.74 Å². The van der Waals surface area contributed by atoms with E-state index >= 15 is 0 Å². The van der Waals surface area contributed by atoms with Crippen LogP contribution in [-0.4, -0.2) is 31.8 Å². The number of benzene rings is 2. The molecule has 6 rings (SSSR count). The number of hydroxylamine groups is 1. The molecule has 0 saturated heterocycles. The van der Waals surface area contributed by atoms with Gasteiger partial charge >= 0.3 is 0 Å². The average Bonchev–Trinajstić information content (AvgIpc) is 3.11. The summed E-state index contributed by atoms with van der Waals surface area (Å²) >= 11 is 0. The van der Waals surface area contributed by atoms with Gasteiger partial charge in [-0.15, -0.1) is 0 Å². The Kier molecular flexibility index (Phi) is 4.10. The van der Waals surface area contributed by atoms with E-state index in [-0.39, 0.29) is 0 Å². The molecule has 31 heavy (non-hydrogen) atoms. The van der Waals surface area contributed by atoms with Gasteiger partial charge in [0, 0.05) is 35.4 Å². The summed E-state index contributed by atoms with van der Waals surface area (Å²) in [5.41, 5.74) is 3.90. The van der Waals surface area contributed by atoms with Crippen molar-refractivity contribution in [3.05, 3.63) is 89.4 Å². The van der Waals surface area contributed by atoms with Gasteiger partial charge in [0.05, 0.1) is 11.0 Å². The van der Waals surface area contributed by atoms with Gasteiger partial charge in [-0.25, -0.2) is 9.98 Å². The zero-order valence-corrected chi connectivity index (χ0v) is 17.2. The van der Waals surface area contributed by atoms with E-state index in [1.54, 1.807) is 6.20 Å². The van der Waals surface area contributed by atoms with E-state index in [9.17, 15) is 5.21 Å². The SMILES string of the molecule is [O-][N+]1=C(c2ccc3ccc4cccnc4c3n2)C(c2ccccc2)=NC12CCCCC2. The van der Waals surface area contributed by atoms with Crippen molar-refractivity contribution < 1.29 is 4.74 Å². The minimum atomic E-state index is -0.702. The van der Waals surface area contributed by atoms with Crippen LogP contribution in [0, 0.1) is 5.21 Å². The molecule has 1 spiro atoms. The summed E-state index contributed by atoms with van der Waals surface area (Å²) in [6.07, 6.45) is 6.57. The maximum Gasteiger partial charge on any atom is 0.266 e. The lowest BCUT2D eigenvalue weighted by Crippen LogP contribution is -2.39. The minimum Gasteiger partial charge on any atom is -0.621 e. The molecule has 152 valence electrons. The fourth-order valence-electron chi connectivity index (χ4n) is 4.92. The van der Waals surface area contributed by atoms with Crippen molar-refractivity contribution in [3.8, 4) is 0 Å². The number of pyridine rings is 2. The predicted octanol–water partition coefficient (Wildman–Crippen LogP) is 5.25. The van der Waals surface area contributed by atoms with Crippen LogP contribution < -0.4 is 0 Å². The van der Waals surface area contributed by atoms with E-state index in [1.165, 1.54) is 0 Å². The zero-order valence-electron chi connectivity index (χ0n) is 17.2. The third kappa shape index (κ3) is 2.84. The second-order valence-electron chi connectivity index (χ2n) is 8.42. The summed E-state index contributed by atoms with van der Waals surface area (Å²) < 4.78 is 1.15. The summed E-state index contributed by atoms with van der Waals surface area (Å²) in [4.78, 5) is 14.6. The van der Waals surface area contributed by atoms with Crippen molar-refractivity contribution in [3.63, 3.8) is 0 Å². The van der Waals surface area contributed by atoms with Gasteiger partial charge in [0.1, 0.15) is 11.4 Å². The van der Waals surface area contributed by atoms with Crippen molar-refractivity contribution in [2.45, 2.75) is 37.8 Å². The second kappa shape index (κ2) is 6.98. The number of nitrogens with zero attached hydrogens (tertiary/aromatic N) is 4. The Labute approximate surface area is 180 Å². The van der Waals surface area contributed by atoms with E-state index < -0.39 is 5.66 Å². The topological polar surface area (TPSA) is 64.2 Å². The Morgan fingerprint density at radius 1 is 0.774 bits per heavy atom. The smallest absolute Gasteiger partial charge is 0.266 e. The van der Waals surface area contributed by atoms with Crippen molar-refractivity contribution in [2.75, 3.05) is 0 Å². The third-order valence-corrected chi connectivity index (χ3v) is 6.50. The molecule has 2 aromatic carbocycles. The van der Waals surface area contributed by atoms with Gasteiger partial charge in [0.2, 0.25) is 0 Å². The molecular formula is C26H22N4O. The van der Waals surface area contributed by atoms with Crippen LogP contribution in [0.25, 0.3) is 21.8 Å². The normalized spacial score (nSPS) is 18.1. The first-order valence-corrected chi connectivity index (χ1v) is 10.9.